The molecule has 1 atom stereocenters. The van der Waals surface area contributed by atoms with Crippen LogP contribution in [0.3, 0.4) is 0 Å². The second kappa shape index (κ2) is 6.89. The summed E-state index contributed by atoms with van der Waals surface area (Å²) in [4.78, 5) is 11.9. The number of rotatable bonds is 4. The van der Waals surface area contributed by atoms with Crippen molar-refractivity contribution in [1.29, 1.82) is 5.26 Å². The van der Waals surface area contributed by atoms with E-state index in [0.29, 0.717) is 0 Å². The lowest BCUT2D eigenvalue weighted by Gasteiger charge is -2.41. The molecule has 0 aromatic heterocycles. The fourth-order valence-corrected chi connectivity index (χ4v) is 2.55. The quantitative estimate of drug-likeness (QED) is 0.738. The van der Waals surface area contributed by atoms with E-state index in [2.05, 4.69) is 5.10 Å². The van der Waals surface area contributed by atoms with Gasteiger partial charge in [-0.3, -0.25) is 4.79 Å². The van der Waals surface area contributed by atoms with Crippen LogP contribution in [0.5, 0.6) is 0 Å². The molecule has 5 nitrogen and oxygen atoms in total. The van der Waals surface area contributed by atoms with Crippen LogP contribution >= 0.6 is 11.6 Å². The molecule has 28 heavy (non-hydrogen) atoms. The molecule has 1 amide bonds. The van der Waals surface area contributed by atoms with E-state index in [9.17, 15) is 40.6 Å². The Hall–Kier alpha value is -2.39. The van der Waals surface area contributed by atoms with Crippen molar-refractivity contribution in [3.8, 4) is 6.07 Å². The Kier molecular flexibility index (Phi) is 5.39. The third-order valence-electron chi connectivity index (χ3n) is 3.88. The second-order valence-electron chi connectivity index (χ2n) is 5.73. The van der Waals surface area contributed by atoms with Gasteiger partial charge in [0.2, 0.25) is 5.72 Å². The molecule has 152 valence electrons. The fraction of sp³-hybridized carbons (Fsp3) is 0.400. The van der Waals surface area contributed by atoms with Gasteiger partial charge < -0.3 is 5.11 Å². The Morgan fingerprint density at radius 3 is 2.21 bits per heavy atom. The van der Waals surface area contributed by atoms with Crippen LogP contribution in [0.25, 0.3) is 0 Å². The van der Waals surface area contributed by atoms with Crippen molar-refractivity contribution >= 4 is 23.2 Å². The van der Waals surface area contributed by atoms with E-state index < -0.39 is 53.2 Å². The summed E-state index contributed by atoms with van der Waals surface area (Å²) in [6.07, 6.45) is -9.49. The summed E-state index contributed by atoms with van der Waals surface area (Å²) in [6.45, 7) is 0. The molecular weight excluding hydrogens is 423 g/mol. The maximum atomic E-state index is 14.3. The number of halogens is 8. The van der Waals surface area contributed by atoms with E-state index in [-0.39, 0.29) is 10.6 Å². The highest BCUT2D eigenvalue weighted by molar-refractivity contribution is 6.30. The van der Waals surface area contributed by atoms with Gasteiger partial charge in [-0.05, 0) is 17.7 Å². The van der Waals surface area contributed by atoms with Crippen LogP contribution in [0.1, 0.15) is 18.4 Å². The minimum absolute atomic E-state index is 0.0683. The van der Waals surface area contributed by atoms with Crippen molar-refractivity contribution in [1.82, 2.24) is 5.01 Å². The molecule has 13 heteroatoms. The van der Waals surface area contributed by atoms with Gasteiger partial charge in [-0.1, -0.05) is 23.7 Å². The van der Waals surface area contributed by atoms with Crippen LogP contribution < -0.4 is 0 Å². The topological polar surface area (TPSA) is 76.7 Å². The number of hydrogen-bond acceptors (Lipinski definition) is 4. The lowest BCUT2D eigenvalue weighted by molar-refractivity contribution is -0.401. The summed E-state index contributed by atoms with van der Waals surface area (Å²) < 4.78 is 93.2. The third-order valence-corrected chi connectivity index (χ3v) is 4.13. The zero-order chi connectivity index (χ0) is 21.5. The van der Waals surface area contributed by atoms with Crippen molar-refractivity contribution in [3.05, 3.63) is 34.9 Å². The Morgan fingerprint density at radius 1 is 1.21 bits per heavy atom. The number of benzene rings is 1. The average molecular weight is 432 g/mol. The standard InChI is InChI=1S/C15H9ClF7N3O2/c16-9-3-1-8(2-4-9)10-7-12(28,26(25-10)11(27)5-6-24)13(17,18)14(19,20)15(21,22)23/h1-4,28H,5,7H2/t12-/m0/s1. The highest BCUT2D eigenvalue weighted by atomic mass is 35.5. The first kappa shape index (κ1) is 21.9. The van der Waals surface area contributed by atoms with Gasteiger partial charge in [-0.25, -0.2) is 0 Å². The molecule has 0 fully saturated rings. The maximum absolute atomic E-state index is 14.3. The molecule has 0 bridgehead atoms. The predicted octanol–water partition coefficient (Wildman–Crippen LogP) is 3.71. The van der Waals surface area contributed by atoms with Crippen molar-refractivity contribution in [2.45, 2.75) is 36.6 Å². The first-order valence-corrected chi connectivity index (χ1v) is 7.65. The second-order valence-corrected chi connectivity index (χ2v) is 6.17. The molecule has 0 radical (unpaired) electrons. The summed E-state index contributed by atoms with van der Waals surface area (Å²) >= 11 is 5.64. The van der Waals surface area contributed by atoms with Crippen molar-refractivity contribution < 1.29 is 40.6 Å². The Morgan fingerprint density at radius 2 is 1.75 bits per heavy atom. The summed E-state index contributed by atoms with van der Waals surface area (Å²) in [7, 11) is 0. The van der Waals surface area contributed by atoms with Crippen LogP contribution in [0, 0.1) is 11.3 Å². The monoisotopic (exact) mass is 431 g/mol. The first-order valence-electron chi connectivity index (χ1n) is 7.27. The van der Waals surface area contributed by atoms with Crippen molar-refractivity contribution in [3.63, 3.8) is 0 Å². The highest BCUT2D eigenvalue weighted by Crippen LogP contribution is 2.54. The van der Waals surface area contributed by atoms with E-state index in [1.54, 1.807) is 0 Å². The molecule has 0 saturated carbocycles. The molecule has 2 rings (SSSR count). The Bertz CT molecular complexity index is 849. The number of hydrazone groups is 1. The predicted molar refractivity (Wildman–Crippen MR) is 80.6 cm³/mol. The van der Waals surface area contributed by atoms with Gasteiger partial charge in [0, 0.05) is 11.4 Å². The molecule has 0 saturated heterocycles. The van der Waals surface area contributed by atoms with Gasteiger partial charge in [-0.2, -0.15) is 46.1 Å². The lowest BCUT2D eigenvalue weighted by Crippen LogP contribution is -2.69. The van der Waals surface area contributed by atoms with Crippen molar-refractivity contribution in [2.75, 3.05) is 0 Å². The van der Waals surface area contributed by atoms with Gasteiger partial charge in [0.05, 0.1) is 11.8 Å². The number of carbonyl (C=O) groups excluding carboxylic acids is 1. The highest BCUT2D eigenvalue weighted by Gasteiger charge is 2.82. The van der Waals surface area contributed by atoms with E-state index in [4.69, 9.17) is 16.9 Å². The SMILES string of the molecule is N#CCC(=O)N1N=C(c2ccc(Cl)cc2)C[C@]1(O)C(F)(F)C(F)(F)C(F)(F)F. The van der Waals surface area contributed by atoms with Crippen LogP contribution in [-0.4, -0.2) is 45.5 Å². The molecule has 1 aromatic rings. The van der Waals surface area contributed by atoms with Gasteiger partial charge in [0.1, 0.15) is 6.42 Å². The summed E-state index contributed by atoms with van der Waals surface area (Å²) in [6, 6.07) is 6.03. The van der Waals surface area contributed by atoms with E-state index in [0.717, 1.165) is 0 Å². The van der Waals surface area contributed by atoms with Crippen LogP contribution in [0.4, 0.5) is 30.7 Å². The molecule has 0 aliphatic carbocycles. The van der Waals surface area contributed by atoms with Gasteiger partial charge in [0.25, 0.3) is 5.91 Å². The minimum Gasteiger partial charge on any atom is -0.364 e. The number of nitriles is 1. The number of amides is 1. The maximum Gasteiger partial charge on any atom is 0.460 e. The molecular formula is C15H9ClF7N3O2. The van der Waals surface area contributed by atoms with Crippen LogP contribution in [-0.2, 0) is 4.79 Å². The Balaban J connectivity index is 2.59. The summed E-state index contributed by atoms with van der Waals surface area (Å²) in [5.41, 5.74) is -5.01. The zero-order valence-electron chi connectivity index (χ0n) is 13.4. The third kappa shape index (κ3) is 3.29. The van der Waals surface area contributed by atoms with E-state index in [1.165, 1.54) is 30.3 Å². The molecule has 0 unspecified atom stereocenters. The molecule has 1 heterocycles. The fourth-order valence-electron chi connectivity index (χ4n) is 2.43. The molecule has 0 spiro atoms. The number of carbonyl (C=O) groups is 1. The smallest absolute Gasteiger partial charge is 0.364 e. The minimum atomic E-state index is -6.74. The lowest BCUT2D eigenvalue weighted by atomic mass is 9.91. The number of aliphatic hydroxyl groups is 1. The molecule has 1 N–H and O–H groups in total. The van der Waals surface area contributed by atoms with Gasteiger partial charge >= 0.3 is 18.0 Å². The Labute approximate surface area is 157 Å². The van der Waals surface area contributed by atoms with E-state index in [1.807, 2.05) is 0 Å². The summed E-state index contributed by atoms with van der Waals surface area (Å²) in [5.74, 6) is -14.6. The van der Waals surface area contributed by atoms with Crippen LogP contribution in [0.15, 0.2) is 29.4 Å². The first-order chi connectivity index (χ1) is 12.7. The average Bonchev–Trinajstić information content (AvgIpc) is 2.94. The van der Waals surface area contributed by atoms with Crippen LogP contribution in [0.2, 0.25) is 5.02 Å². The number of hydrogen-bond donors (Lipinski definition) is 1. The van der Waals surface area contributed by atoms with Crippen molar-refractivity contribution in [2.24, 2.45) is 5.10 Å². The van der Waals surface area contributed by atoms with Gasteiger partial charge in [0.15, 0.2) is 0 Å². The number of nitrogens with zero attached hydrogens (tertiary/aromatic N) is 3. The molecule has 1 aliphatic heterocycles. The normalized spacial score (nSPS) is 20.7. The summed E-state index contributed by atoms with van der Waals surface area (Å²) in [5, 5.41) is 21.6. The molecule has 1 aliphatic rings. The zero-order valence-corrected chi connectivity index (χ0v) is 14.2. The largest absolute Gasteiger partial charge is 0.460 e. The number of alkyl halides is 7. The van der Waals surface area contributed by atoms with E-state index >= 15 is 0 Å². The van der Waals surface area contributed by atoms with Gasteiger partial charge in [-0.15, -0.1) is 0 Å². The molecule has 1 aromatic carbocycles.